The summed E-state index contributed by atoms with van der Waals surface area (Å²) in [5, 5.41) is 8.58. The second kappa shape index (κ2) is 10.1. The molecule has 0 saturated carbocycles. The van der Waals surface area contributed by atoms with Crippen LogP contribution in [0, 0.1) is 0 Å². The van der Waals surface area contributed by atoms with Crippen LogP contribution >= 0.6 is 11.3 Å². The van der Waals surface area contributed by atoms with Crippen molar-refractivity contribution in [2.75, 3.05) is 13.7 Å². The molecule has 0 bridgehead atoms. The first-order valence-electron chi connectivity index (χ1n) is 8.06. The Bertz CT molecular complexity index is 793. The summed E-state index contributed by atoms with van der Waals surface area (Å²) < 4.78 is 4.96. The average Bonchev–Trinajstić information content (AvgIpc) is 3.21. The van der Waals surface area contributed by atoms with Crippen molar-refractivity contribution in [2.24, 2.45) is 0 Å². The molecule has 142 valence electrons. The normalized spacial score (nSPS) is 11.1. The van der Waals surface area contributed by atoms with Crippen molar-refractivity contribution in [3.8, 4) is 0 Å². The Morgan fingerprint density at radius 3 is 2.44 bits per heavy atom. The van der Waals surface area contributed by atoms with Crippen LogP contribution in [0.4, 0.5) is 4.79 Å². The summed E-state index contributed by atoms with van der Waals surface area (Å²) in [6.07, 6.45) is 0.202. The third-order valence-electron chi connectivity index (χ3n) is 3.44. The zero-order valence-electron chi connectivity index (χ0n) is 14.6. The van der Waals surface area contributed by atoms with Crippen LogP contribution in [0.2, 0.25) is 0 Å². The van der Waals surface area contributed by atoms with Crippen LogP contribution in [0.15, 0.2) is 47.8 Å². The van der Waals surface area contributed by atoms with Crippen molar-refractivity contribution in [3.63, 3.8) is 0 Å². The van der Waals surface area contributed by atoms with Gasteiger partial charge in [-0.1, -0.05) is 36.4 Å². The van der Waals surface area contributed by atoms with E-state index in [1.54, 1.807) is 17.5 Å². The molecule has 1 atom stereocenters. The van der Waals surface area contributed by atoms with Crippen molar-refractivity contribution in [3.05, 3.63) is 58.3 Å². The van der Waals surface area contributed by atoms with Gasteiger partial charge in [-0.3, -0.25) is 14.9 Å². The number of nitrogens with one attached hydrogen (secondary N) is 3. The fraction of sp³-hybridized carbons (Fsp3) is 0.222. The van der Waals surface area contributed by atoms with E-state index in [-0.39, 0.29) is 6.42 Å². The molecule has 0 spiro atoms. The van der Waals surface area contributed by atoms with Gasteiger partial charge in [-0.2, -0.15) is 0 Å². The van der Waals surface area contributed by atoms with E-state index in [9.17, 15) is 19.2 Å². The van der Waals surface area contributed by atoms with Crippen LogP contribution in [0.25, 0.3) is 0 Å². The summed E-state index contributed by atoms with van der Waals surface area (Å²) in [5.41, 5.74) is 0.820. The molecule has 27 heavy (non-hydrogen) atoms. The van der Waals surface area contributed by atoms with E-state index in [0.717, 1.165) is 5.56 Å². The number of hydrogen-bond donors (Lipinski definition) is 3. The van der Waals surface area contributed by atoms with E-state index in [4.69, 9.17) is 4.74 Å². The van der Waals surface area contributed by atoms with Crippen molar-refractivity contribution in [2.45, 2.75) is 12.5 Å². The Morgan fingerprint density at radius 1 is 1.07 bits per heavy atom. The number of carbonyl (C=O) groups excluding carboxylic acids is 4. The van der Waals surface area contributed by atoms with E-state index < -0.39 is 36.5 Å². The minimum atomic E-state index is -0.977. The molecule has 9 heteroatoms. The molecule has 0 saturated heterocycles. The highest BCUT2D eigenvalue weighted by Crippen LogP contribution is 2.10. The number of rotatable bonds is 7. The Morgan fingerprint density at radius 2 is 1.81 bits per heavy atom. The van der Waals surface area contributed by atoms with Gasteiger partial charge in [0.2, 0.25) is 0 Å². The molecule has 1 aromatic heterocycles. The molecule has 0 aliphatic heterocycles. The van der Waals surface area contributed by atoms with Crippen molar-refractivity contribution < 1.29 is 23.9 Å². The lowest BCUT2D eigenvalue weighted by Gasteiger charge is -2.17. The molecule has 0 unspecified atom stereocenters. The molecule has 2 rings (SSSR count). The number of esters is 1. The summed E-state index contributed by atoms with van der Waals surface area (Å²) in [7, 11) is 1.35. The number of thiophene rings is 1. The standard InChI is InChI=1S/C18H19N3O5S/c1-19-18(25)21-15(22)11-26-17(24)13(10-12-6-3-2-4-7-12)20-16(23)14-8-5-9-27-14/h2-9,13H,10-11H2,1H3,(H,20,23)(H2,19,21,22,25)/t13-/m0/s1. The van der Waals surface area contributed by atoms with Crippen LogP contribution in [0.1, 0.15) is 15.2 Å². The predicted molar refractivity (Wildman–Crippen MR) is 99.3 cm³/mol. The lowest BCUT2D eigenvalue weighted by molar-refractivity contribution is -0.150. The number of benzene rings is 1. The summed E-state index contributed by atoms with van der Waals surface area (Å²) in [6, 6.07) is 10.8. The summed E-state index contributed by atoms with van der Waals surface area (Å²) in [6.45, 7) is -0.633. The van der Waals surface area contributed by atoms with Gasteiger partial charge in [0, 0.05) is 13.5 Å². The molecule has 8 nitrogen and oxygen atoms in total. The third-order valence-corrected chi connectivity index (χ3v) is 4.31. The first-order valence-corrected chi connectivity index (χ1v) is 8.94. The number of urea groups is 1. The van der Waals surface area contributed by atoms with E-state index in [1.807, 2.05) is 35.6 Å². The van der Waals surface area contributed by atoms with E-state index >= 15 is 0 Å². The largest absolute Gasteiger partial charge is 0.454 e. The highest BCUT2D eigenvalue weighted by atomic mass is 32.1. The number of imide groups is 1. The predicted octanol–water partition coefficient (Wildman–Crippen LogP) is 1.09. The molecule has 0 aliphatic rings. The molecule has 0 fully saturated rings. The molecule has 1 aromatic carbocycles. The van der Waals surface area contributed by atoms with Crippen LogP contribution in [0.3, 0.4) is 0 Å². The minimum absolute atomic E-state index is 0.202. The fourth-order valence-electron chi connectivity index (χ4n) is 2.14. The van der Waals surface area contributed by atoms with Crippen LogP contribution < -0.4 is 16.0 Å². The summed E-state index contributed by atoms with van der Waals surface area (Å²) in [4.78, 5) is 47.8. The topological polar surface area (TPSA) is 114 Å². The van der Waals surface area contributed by atoms with Gasteiger partial charge in [0.15, 0.2) is 6.61 Å². The molecule has 1 heterocycles. The SMILES string of the molecule is CNC(=O)NC(=O)COC(=O)[C@H](Cc1ccccc1)NC(=O)c1cccs1. The average molecular weight is 389 g/mol. The first-order chi connectivity index (χ1) is 13.0. The molecular formula is C18H19N3O5S. The van der Waals surface area contributed by atoms with E-state index in [0.29, 0.717) is 4.88 Å². The fourth-order valence-corrected chi connectivity index (χ4v) is 2.77. The van der Waals surface area contributed by atoms with Crippen molar-refractivity contribution in [1.29, 1.82) is 0 Å². The zero-order chi connectivity index (χ0) is 19.6. The van der Waals surface area contributed by atoms with Gasteiger partial charge in [-0.05, 0) is 17.0 Å². The van der Waals surface area contributed by atoms with E-state index in [2.05, 4.69) is 10.6 Å². The molecule has 4 amide bonds. The lowest BCUT2D eigenvalue weighted by Crippen LogP contribution is -2.45. The highest BCUT2D eigenvalue weighted by molar-refractivity contribution is 7.12. The Balaban J connectivity index is 2.01. The highest BCUT2D eigenvalue weighted by Gasteiger charge is 2.24. The zero-order valence-corrected chi connectivity index (χ0v) is 15.4. The Labute approximate surface area is 159 Å². The first kappa shape index (κ1) is 20.1. The maximum atomic E-state index is 12.4. The number of carbonyl (C=O) groups is 4. The number of ether oxygens (including phenoxy) is 1. The van der Waals surface area contributed by atoms with Crippen LogP contribution in [-0.2, 0) is 20.7 Å². The quantitative estimate of drug-likeness (QED) is 0.614. The third kappa shape index (κ3) is 6.55. The smallest absolute Gasteiger partial charge is 0.329 e. The second-order valence-corrected chi connectivity index (χ2v) is 6.38. The monoisotopic (exact) mass is 389 g/mol. The molecule has 0 radical (unpaired) electrons. The maximum Gasteiger partial charge on any atom is 0.329 e. The summed E-state index contributed by atoms with van der Waals surface area (Å²) in [5.74, 6) is -1.95. The molecule has 2 aromatic rings. The molecular weight excluding hydrogens is 370 g/mol. The van der Waals surface area contributed by atoms with Gasteiger partial charge in [-0.15, -0.1) is 11.3 Å². The molecule has 3 N–H and O–H groups in total. The summed E-state index contributed by atoms with van der Waals surface area (Å²) >= 11 is 1.25. The second-order valence-electron chi connectivity index (χ2n) is 5.43. The van der Waals surface area contributed by atoms with Gasteiger partial charge >= 0.3 is 12.0 Å². The van der Waals surface area contributed by atoms with Gasteiger partial charge < -0.3 is 15.4 Å². The van der Waals surface area contributed by atoms with E-state index in [1.165, 1.54) is 18.4 Å². The van der Waals surface area contributed by atoms with Crippen molar-refractivity contribution in [1.82, 2.24) is 16.0 Å². The Hall–Kier alpha value is -3.20. The number of amides is 4. The van der Waals surface area contributed by atoms with Crippen molar-refractivity contribution >= 4 is 35.2 Å². The van der Waals surface area contributed by atoms with Gasteiger partial charge in [0.05, 0.1) is 4.88 Å². The van der Waals surface area contributed by atoms with Crippen LogP contribution in [-0.4, -0.2) is 43.5 Å². The minimum Gasteiger partial charge on any atom is -0.454 e. The van der Waals surface area contributed by atoms with Crippen LogP contribution in [0.5, 0.6) is 0 Å². The maximum absolute atomic E-state index is 12.4. The van der Waals surface area contributed by atoms with Gasteiger partial charge in [0.1, 0.15) is 6.04 Å². The lowest BCUT2D eigenvalue weighted by atomic mass is 10.1. The van der Waals surface area contributed by atoms with Gasteiger partial charge in [-0.25, -0.2) is 9.59 Å². The number of hydrogen-bond acceptors (Lipinski definition) is 6. The van der Waals surface area contributed by atoms with Gasteiger partial charge in [0.25, 0.3) is 11.8 Å². The molecule has 0 aliphatic carbocycles. The Kier molecular flexibility index (Phi) is 7.50.